The number of nitrogens with two attached hydrogens (primary N) is 1. The van der Waals surface area contributed by atoms with E-state index < -0.39 is 10.0 Å². The van der Waals surface area contributed by atoms with Gasteiger partial charge in [0.2, 0.25) is 0 Å². The van der Waals surface area contributed by atoms with Crippen LogP contribution in [0, 0.1) is 6.92 Å². The molecule has 7 nitrogen and oxygen atoms in total. The summed E-state index contributed by atoms with van der Waals surface area (Å²) in [6, 6.07) is 6.18. The van der Waals surface area contributed by atoms with Crippen LogP contribution in [0.1, 0.15) is 5.69 Å². The second kappa shape index (κ2) is 5.73. The lowest BCUT2D eigenvalue weighted by Gasteiger charge is -2.11. The number of pyridine rings is 2. The summed E-state index contributed by atoms with van der Waals surface area (Å²) in [7, 11) is -3.82. The number of anilines is 2. The van der Waals surface area contributed by atoms with Crippen LogP contribution in [0.3, 0.4) is 0 Å². The average Bonchev–Trinajstić information content (AvgIpc) is 2.42. The highest BCUT2D eigenvalue weighted by Crippen LogP contribution is 2.22. The van der Waals surface area contributed by atoms with E-state index in [9.17, 15) is 8.42 Å². The first-order chi connectivity index (χ1) is 9.44. The van der Waals surface area contributed by atoms with Crippen molar-refractivity contribution in [2.24, 2.45) is 5.84 Å². The Labute approximate surface area is 124 Å². The third kappa shape index (κ3) is 3.06. The number of hydrazine groups is 1. The number of hydrogen-bond donors (Lipinski definition) is 3. The van der Waals surface area contributed by atoms with Gasteiger partial charge in [-0.25, -0.2) is 24.2 Å². The molecule has 0 amide bonds. The molecule has 0 aliphatic heterocycles. The van der Waals surface area contributed by atoms with Gasteiger partial charge in [-0.2, -0.15) is 0 Å². The monoisotopic (exact) mass is 357 g/mol. The maximum absolute atomic E-state index is 12.3. The zero-order chi connectivity index (χ0) is 14.8. The van der Waals surface area contributed by atoms with Gasteiger partial charge in [0.1, 0.15) is 10.7 Å². The first-order valence-corrected chi connectivity index (χ1v) is 7.79. The molecule has 2 rings (SSSR count). The highest BCUT2D eigenvalue weighted by atomic mass is 79.9. The molecule has 0 bridgehead atoms. The minimum atomic E-state index is -3.82. The topological polar surface area (TPSA) is 110 Å². The van der Waals surface area contributed by atoms with Gasteiger partial charge in [0, 0.05) is 10.7 Å². The second-order valence-electron chi connectivity index (χ2n) is 3.86. The van der Waals surface area contributed by atoms with Crippen molar-refractivity contribution in [1.82, 2.24) is 9.97 Å². The van der Waals surface area contributed by atoms with Crippen LogP contribution >= 0.6 is 15.9 Å². The van der Waals surface area contributed by atoms with E-state index in [1.165, 1.54) is 18.3 Å². The minimum Gasteiger partial charge on any atom is -0.307 e. The highest BCUT2D eigenvalue weighted by Gasteiger charge is 2.19. The van der Waals surface area contributed by atoms with Crippen LogP contribution < -0.4 is 16.0 Å². The smallest absolute Gasteiger partial charge is 0.266 e. The van der Waals surface area contributed by atoms with Gasteiger partial charge >= 0.3 is 0 Å². The van der Waals surface area contributed by atoms with Crippen LogP contribution in [-0.4, -0.2) is 18.4 Å². The molecule has 2 aromatic rings. The number of nitrogens with zero attached hydrogens (tertiary/aromatic N) is 2. The molecule has 0 aliphatic carbocycles. The summed E-state index contributed by atoms with van der Waals surface area (Å²) in [5.41, 5.74) is 2.92. The van der Waals surface area contributed by atoms with Crippen molar-refractivity contribution < 1.29 is 8.42 Å². The Balaban J connectivity index is 2.38. The molecule has 2 aromatic heterocycles. The van der Waals surface area contributed by atoms with Crippen molar-refractivity contribution in [1.29, 1.82) is 0 Å². The summed E-state index contributed by atoms with van der Waals surface area (Å²) in [5, 5.41) is 0. The van der Waals surface area contributed by atoms with Gasteiger partial charge < -0.3 is 5.43 Å². The van der Waals surface area contributed by atoms with Crippen LogP contribution in [0.15, 0.2) is 39.8 Å². The number of nitrogens with one attached hydrogen (secondary N) is 2. The molecule has 0 saturated heterocycles. The summed E-state index contributed by atoms with van der Waals surface area (Å²) in [6.07, 6.45) is 1.44. The maximum atomic E-state index is 12.3. The third-order valence-corrected chi connectivity index (χ3v) is 4.68. The Bertz CT molecular complexity index is 735. The van der Waals surface area contributed by atoms with Crippen LogP contribution in [0.5, 0.6) is 0 Å². The molecule has 0 aromatic carbocycles. The molecule has 0 unspecified atom stereocenters. The number of sulfonamides is 1. The minimum absolute atomic E-state index is 0.0510. The maximum Gasteiger partial charge on any atom is 0.266 e. The Morgan fingerprint density at radius 3 is 2.70 bits per heavy atom. The van der Waals surface area contributed by atoms with Crippen LogP contribution in [0.4, 0.5) is 11.6 Å². The van der Waals surface area contributed by atoms with Crippen LogP contribution in [-0.2, 0) is 10.0 Å². The normalized spacial score (nSPS) is 11.2. The standard InChI is InChI=1S/C11H12BrN5O2S/c1-7-8(12)4-5-10(15-7)17-20(18,19)9-3-2-6-14-11(9)16-13/h2-6H,13H2,1H3,(H,14,16)(H,15,17). The predicted octanol–water partition coefficient (Wildman–Crippen LogP) is 1.63. The van der Waals surface area contributed by atoms with Crippen molar-refractivity contribution in [3.8, 4) is 0 Å². The molecule has 9 heteroatoms. The first-order valence-electron chi connectivity index (χ1n) is 5.51. The number of rotatable bonds is 4. The fourth-order valence-corrected chi connectivity index (χ4v) is 2.85. The lowest BCUT2D eigenvalue weighted by atomic mass is 10.4. The Morgan fingerprint density at radius 1 is 1.30 bits per heavy atom. The van der Waals surface area contributed by atoms with Crippen molar-refractivity contribution in [3.05, 3.63) is 40.6 Å². The van der Waals surface area contributed by atoms with Gasteiger partial charge in [0.25, 0.3) is 10.0 Å². The molecule has 0 aliphatic rings. The second-order valence-corrected chi connectivity index (χ2v) is 6.37. The van der Waals surface area contributed by atoms with E-state index in [0.717, 1.165) is 4.47 Å². The fourth-order valence-electron chi connectivity index (χ4n) is 1.51. The Hall–Kier alpha value is -1.71. The summed E-state index contributed by atoms with van der Waals surface area (Å²) in [6.45, 7) is 1.76. The fraction of sp³-hybridized carbons (Fsp3) is 0.0909. The number of nitrogen functional groups attached to an aromatic ring is 1. The first kappa shape index (κ1) is 14.7. The predicted molar refractivity (Wildman–Crippen MR) is 79.5 cm³/mol. The lowest BCUT2D eigenvalue weighted by Crippen LogP contribution is -2.19. The zero-order valence-electron chi connectivity index (χ0n) is 10.5. The summed E-state index contributed by atoms with van der Waals surface area (Å²) >= 11 is 3.30. The molecule has 4 N–H and O–H groups in total. The van der Waals surface area contributed by atoms with Gasteiger partial charge in [-0.1, -0.05) is 0 Å². The van der Waals surface area contributed by atoms with Crippen LogP contribution in [0.2, 0.25) is 0 Å². The van der Waals surface area contributed by atoms with E-state index >= 15 is 0 Å². The van der Waals surface area contributed by atoms with Crippen molar-refractivity contribution >= 4 is 37.6 Å². The van der Waals surface area contributed by atoms with Gasteiger partial charge in [-0.3, -0.25) is 4.72 Å². The quantitative estimate of drug-likeness (QED) is 0.566. The van der Waals surface area contributed by atoms with Crippen molar-refractivity contribution in [2.45, 2.75) is 11.8 Å². The van der Waals surface area contributed by atoms with Gasteiger partial charge in [-0.05, 0) is 47.1 Å². The Morgan fingerprint density at radius 2 is 2.05 bits per heavy atom. The van der Waals surface area contributed by atoms with E-state index in [0.29, 0.717) is 5.69 Å². The van der Waals surface area contributed by atoms with E-state index in [2.05, 4.69) is 36.0 Å². The molecule has 0 fully saturated rings. The third-order valence-electron chi connectivity index (χ3n) is 2.46. The lowest BCUT2D eigenvalue weighted by molar-refractivity contribution is 0.601. The molecule has 0 saturated carbocycles. The molecule has 0 radical (unpaired) electrons. The molecule has 106 valence electrons. The molecule has 0 atom stereocenters. The van der Waals surface area contributed by atoms with E-state index in [1.54, 1.807) is 19.1 Å². The van der Waals surface area contributed by atoms with Gasteiger partial charge in [0.05, 0.1) is 5.69 Å². The summed E-state index contributed by atoms with van der Waals surface area (Å²) < 4.78 is 27.7. The average molecular weight is 358 g/mol. The van der Waals surface area contributed by atoms with Crippen molar-refractivity contribution in [2.75, 3.05) is 10.1 Å². The van der Waals surface area contributed by atoms with Gasteiger partial charge in [0.15, 0.2) is 5.82 Å². The number of aromatic nitrogens is 2. The number of hydrogen-bond acceptors (Lipinski definition) is 6. The Kier molecular flexibility index (Phi) is 4.21. The molecule has 20 heavy (non-hydrogen) atoms. The molecule has 2 heterocycles. The molecule has 0 spiro atoms. The number of halogens is 1. The largest absolute Gasteiger partial charge is 0.307 e. The van der Waals surface area contributed by atoms with Crippen LogP contribution in [0.25, 0.3) is 0 Å². The summed E-state index contributed by atoms with van der Waals surface area (Å²) in [4.78, 5) is 7.93. The van der Waals surface area contributed by atoms with E-state index in [1.807, 2.05) is 0 Å². The van der Waals surface area contributed by atoms with E-state index in [4.69, 9.17) is 5.84 Å². The highest BCUT2D eigenvalue weighted by molar-refractivity contribution is 9.10. The molecular formula is C11H12BrN5O2S. The van der Waals surface area contributed by atoms with Crippen molar-refractivity contribution in [3.63, 3.8) is 0 Å². The SMILES string of the molecule is Cc1nc(NS(=O)(=O)c2cccnc2NN)ccc1Br. The van der Waals surface area contributed by atoms with Gasteiger partial charge in [-0.15, -0.1) is 0 Å². The number of aryl methyl sites for hydroxylation is 1. The van der Waals surface area contributed by atoms with E-state index in [-0.39, 0.29) is 16.5 Å². The summed E-state index contributed by atoms with van der Waals surface area (Å²) in [5.74, 6) is 5.54. The zero-order valence-corrected chi connectivity index (χ0v) is 12.9. The molecular weight excluding hydrogens is 346 g/mol.